The van der Waals surface area contributed by atoms with Gasteiger partial charge in [0.15, 0.2) is 0 Å². The fraction of sp³-hybridized carbons (Fsp3) is 0.333. The number of rotatable bonds is 5. The van der Waals surface area contributed by atoms with Crippen LogP contribution >= 0.6 is 0 Å². The quantitative estimate of drug-likeness (QED) is 0.886. The molecule has 0 fully saturated rings. The average Bonchev–Trinajstić information content (AvgIpc) is 2.46. The Morgan fingerprint density at radius 1 is 1.00 bits per heavy atom. The summed E-state index contributed by atoms with van der Waals surface area (Å²) >= 11 is 0. The molecule has 2 aromatic carbocycles. The van der Waals surface area contributed by atoms with Crippen molar-refractivity contribution in [1.82, 2.24) is 0 Å². The number of hydrogen-bond acceptors (Lipinski definition) is 2. The minimum Gasteiger partial charge on any atom is -0.490 e. The zero-order chi connectivity index (χ0) is 14.6. The molecule has 0 amide bonds. The van der Waals surface area contributed by atoms with Gasteiger partial charge < -0.3 is 9.84 Å². The third-order valence-corrected chi connectivity index (χ3v) is 3.46. The first kappa shape index (κ1) is 14.6. The number of benzene rings is 2. The second-order valence-electron chi connectivity index (χ2n) is 5.65. The lowest BCUT2D eigenvalue weighted by Gasteiger charge is -2.24. The van der Waals surface area contributed by atoms with Crippen molar-refractivity contribution in [2.45, 2.75) is 32.3 Å². The van der Waals surface area contributed by atoms with Crippen molar-refractivity contribution >= 4 is 0 Å². The fourth-order valence-electron chi connectivity index (χ4n) is 2.05. The van der Waals surface area contributed by atoms with Crippen LogP contribution in [0.1, 0.15) is 37.8 Å². The van der Waals surface area contributed by atoms with Crippen LogP contribution in [0.4, 0.5) is 0 Å². The van der Waals surface area contributed by atoms with Crippen LogP contribution in [0.3, 0.4) is 0 Å². The molecule has 0 aliphatic carbocycles. The van der Waals surface area contributed by atoms with Gasteiger partial charge in [0, 0.05) is 0 Å². The van der Waals surface area contributed by atoms with E-state index in [1.807, 2.05) is 42.5 Å². The van der Waals surface area contributed by atoms with Crippen LogP contribution in [0.5, 0.6) is 5.75 Å². The predicted molar refractivity (Wildman–Crippen MR) is 82.0 cm³/mol. The van der Waals surface area contributed by atoms with Gasteiger partial charge >= 0.3 is 0 Å². The van der Waals surface area contributed by atoms with Gasteiger partial charge in [-0.05, 0) is 36.1 Å². The highest BCUT2D eigenvalue weighted by molar-refractivity contribution is 5.29. The van der Waals surface area contributed by atoms with Crippen LogP contribution in [0.2, 0.25) is 0 Å². The number of hydrogen-bond donors (Lipinski definition) is 1. The average molecular weight is 270 g/mol. The molecule has 2 rings (SSSR count). The summed E-state index contributed by atoms with van der Waals surface area (Å²) in [5.41, 5.74) is 1.16. The van der Waals surface area contributed by atoms with Crippen LogP contribution in [0.25, 0.3) is 0 Å². The third kappa shape index (κ3) is 3.61. The standard InChI is InChI=1S/C18H22O2/c1-14(2)15-9-11-17(12-10-15)20-13-18(3,19)16-7-5-4-6-8-16/h4-12,14,19H,13H2,1-3H3. The van der Waals surface area contributed by atoms with Gasteiger partial charge in [0.2, 0.25) is 0 Å². The molecule has 0 saturated carbocycles. The second kappa shape index (κ2) is 6.10. The van der Waals surface area contributed by atoms with Gasteiger partial charge in [-0.1, -0.05) is 56.3 Å². The van der Waals surface area contributed by atoms with Gasteiger partial charge in [0.1, 0.15) is 18.0 Å². The van der Waals surface area contributed by atoms with Crippen LogP contribution < -0.4 is 4.74 Å². The summed E-state index contributed by atoms with van der Waals surface area (Å²) in [6, 6.07) is 17.6. The van der Waals surface area contributed by atoms with E-state index >= 15 is 0 Å². The molecule has 0 saturated heterocycles. The first-order valence-electron chi connectivity index (χ1n) is 7.00. The topological polar surface area (TPSA) is 29.5 Å². The highest BCUT2D eigenvalue weighted by Crippen LogP contribution is 2.23. The van der Waals surface area contributed by atoms with Gasteiger partial charge in [-0.15, -0.1) is 0 Å². The van der Waals surface area contributed by atoms with E-state index in [1.165, 1.54) is 5.56 Å². The van der Waals surface area contributed by atoms with Crippen molar-refractivity contribution < 1.29 is 9.84 Å². The summed E-state index contributed by atoms with van der Waals surface area (Å²) in [5, 5.41) is 10.5. The van der Waals surface area contributed by atoms with Gasteiger partial charge in [-0.25, -0.2) is 0 Å². The molecule has 2 heteroatoms. The molecule has 106 valence electrons. The van der Waals surface area contributed by atoms with Gasteiger partial charge in [0.25, 0.3) is 0 Å². The smallest absolute Gasteiger partial charge is 0.121 e. The molecule has 0 spiro atoms. The lowest BCUT2D eigenvalue weighted by molar-refractivity contribution is 0.00759. The van der Waals surface area contributed by atoms with Gasteiger partial charge in [0.05, 0.1) is 0 Å². The van der Waals surface area contributed by atoms with Crippen molar-refractivity contribution in [2.75, 3.05) is 6.61 Å². The Kier molecular flexibility index (Phi) is 4.46. The summed E-state index contributed by atoms with van der Waals surface area (Å²) in [5.74, 6) is 1.29. The second-order valence-corrected chi connectivity index (χ2v) is 5.65. The monoisotopic (exact) mass is 270 g/mol. The molecule has 1 N–H and O–H groups in total. The van der Waals surface area contributed by atoms with Crippen molar-refractivity contribution in [3.8, 4) is 5.75 Å². The van der Waals surface area contributed by atoms with Gasteiger partial charge in [-0.3, -0.25) is 0 Å². The zero-order valence-electron chi connectivity index (χ0n) is 12.3. The summed E-state index contributed by atoms with van der Waals surface area (Å²) in [6.07, 6.45) is 0. The van der Waals surface area contributed by atoms with Crippen LogP contribution in [-0.2, 0) is 5.60 Å². The Morgan fingerprint density at radius 2 is 1.60 bits per heavy atom. The fourth-order valence-corrected chi connectivity index (χ4v) is 2.05. The van der Waals surface area contributed by atoms with E-state index in [4.69, 9.17) is 4.74 Å². The molecule has 0 aromatic heterocycles. The van der Waals surface area contributed by atoms with E-state index in [-0.39, 0.29) is 6.61 Å². The van der Waals surface area contributed by atoms with E-state index in [0.717, 1.165) is 11.3 Å². The summed E-state index contributed by atoms with van der Waals surface area (Å²) in [4.78, 5) is 0. The van der Waals surface area contributed by atoms with E-state index in [9.17, 15) is 5.11 Å². The summed E-state index contributed by atoms with van der Waals surface area (Å²) in [7, 11) is 0. The molecule has 2 nitrogen and oxygen atoms in total. The highest BCUT2D eigenvalue weighted by atomic mass is 16.5. The normalized spacial score (nSPS) is 14.1. The largest absolute Gasteiger partial charge is 0.490 e. The highest BCUT2D eigenvalue weighted by Gasteiger charge is 2.23. The van der Waals surface area contributed by atoms with Crippen LogP contribution in [0.15, 0.2) is 54.6 Å². The molecule has 0 radical (unpaired) electrons. The number of ether oxygens (including phenoxy) is 1. The Bertz CT molecular complexity index is 527. The Hall–Kier alpha value is -1.80. The molecular weight excluding hydrogens is 248 g/mol. The molecule has 0 heterocycles. The minimum absolute atomic E-state index is 0.234. The van der Waals surface area contributed by atoms with Crippen molar-refractivity contribution in [2.24, 2.45) is 0 Å². The Balaban J connectivity index is 2.01. The predicted octanol–water partition coefficient (Wildman–Crippen LogP) is 4.10. The first-order valence-corrected chi connectivity index (χ1v) is 7.00. The van der Waals surface area contributed by atoms with E-state index < -0.39 is 5.60 Å². The SMILES string of the molecule is CC(C)c1ccc(OCC(C)(O)c2ccccc2)cc1. The van der Waals surface area contributed by atoms with Crippen molar-refractivity contribution in [1.29, 1.82) is 0 Å². The maximum absolute atomic E-state index is 10.5. The van der Waals surface area contributed by atoms with Crippen LogP contribution in [0, 0.1) is 0 Å². The maximum Gasteiger partial charge on any atom is 0.121 e. The van der Waals surface area contributed by atoms with Crippen LogP contribution in [-0.4, -0.2) is 11.7 Å². The first-order chi connectivity index (χ1) is 9.49. The Morgan fingerprint density at radius 3 is 2.15 bits per heavy atom. The molecule has 0 bridgehead atoms. The lowest BCUT2D eigenvalue weighted by Crippen LogP contribution is -2.29. The van der Waals surface area contributed by atoms with Crippen molar-refractivity contribution in [3.05, 3.63) is 65.7 Å². The molecule has 0 aliphatic heterocycles. The molecule has 0 aliphatic rings. The number of aliphatic hydroxyl groups is 1. The molecule has 20 heavy (non-hydrogen) atoms. The molecular formula is C18H22O2. The molecule has 1 atom stereocenters. The zero-order valence-corrected chi connectivity index (χ0v) is 12.3. The van der Waals surface area contributed by atoms with E-state index in [2.05, 4.69) is 26.0 Å². The summed E-state index contributed by atoms with van der Waals surface area (Å²) in [6.45, 7) is 6.33. The van der Waals surface area contributed by atoms with E-state index in [1.54, 1.807) is 6.92 Å². The molecule has 2 aromatic rings. The van der Waals surface area contributed by atoms with Gasteiger partial charge in [-0.2, -0.15) is 0 Å². The van der Waals surface area contributed by atoms with Crippen molar-refractivity contribution in [3.63, 3.8) is 0 Å². The molecule has 1 unspecified atom stereocenters. The Labute approximate surface area is 121 Å². The maximum atomic E-state index is 10.5. The third-order valence-electron chi connectivity index (χ3n) is 3.46. The minimum atomic E-state index is -0.988. The lowest BCUT2D eigenvalue weighted by atomic mass is 9.97. The van der Waals surface area contributed by atoms with E-state index in [0.29, 0.717) is 5.92 Å². The summed E-state index contributed by atoms with van der Waals surface area (Å²) < 4.78 is 5.71.